The van der Waals surface area contributed by atoms with Gasteiger partial charge in [-0.1, -0.05) is 12.1 Å². The molecule has 0 spiro atoms. The average Bonchev–Trinajstić information content (AvgIpc) is 2.84. The highest BCUT2D eigenvalue weighted by molar-refractivity contribution is 7.90. The smallest absolute Gasteiger partial charge is 0.237 e. The fourth-order valence-electron chi connectivity index (χ4n) is 2.32. The lowest BCUT2D eigenvalue weighted by atomic mass is 10.1. The predicted octanol–water partition coefficient (Wildman–Crippen LogP) is -0.00990. The van der Waals surface area contributed by atoms with E-state index in [1.54, 1.807) is 12.1 Å². The highest BCUT2D eigenvalue weighted by atomic mass is 32.2. The Morgan fingerprint density at radius 1 is 1.38 bits per heavy atom. The van der Waals surface area contributed by atoms with Crippen LogP contribution in [0.25, 0.3) is 0 Å². The number of nitrogens with one attached hydrogen (secondary N) is 2. The third-order valence-corrected chi connectivity index (χ3v) is 4.72. The summed E-state index contributed by atoms with van der Waals surface area (Å²) in [6.07, 6.45) is 1.08. The van der Waals surface area contributed by atoms with E-state index in [9.17, 15) is 18.3 Å². The van der Waals surface area contributed by atoms with Gasteiger partial charge in [0.05, 0.1) is 23.1 Å². The maximum atomic E-state index is 12.0. The lowest BCUT2D eigenvalue weighted by Crippen LogP contribution is -2.41. The van der Waals surface area contributed by atoms with Crippen molar-refractivity contribution in [3.05, 3.63) is 29.8 Å². The van der Waals surface area contributed by atoms with Gasteiger partial charge >= 0.3 is 0 Å². The van der Waals surface area contributed by atoms with Crippen LogP contribution in [0.1, 0.15) is 24.9 Å². The fourth-order valence-corrected chi connectivity index (χ4v) is 2.95. The van der Waals surface area contributed by atoms with E-state index < -0.39 is 15.9 Å². The van der Waals surface area contributed by atoms with Gasteiger partial charge in [-0.3, -0.25) is 4.79 Å². The molecule has 3 atom stereocenters. The van der Waals surface area contributed by atoms with Crippen molar-refractivity contribution in [3.8, 4) is 0 Å². The molecule has 1 saturated heterocycles. The normalized spacial score (nSPS) is 23.8. The quantitative estimate of drug-likeness (QED) is 0.727. The Hall–Kier alpha value is -1.44. The van der Waals surface area contributed by atoms with Crippen LogP contribution >= 0.6 is 0 Å². The Labute approximate surface area is 124 Å². The van der Waals surface area contributed by atoms with Crippen molar-refractivity contribution >= 4 is 15.7 Å². The van der Waals surface area contributed by atoms with E-state index in [1.165, 1.54) is 12.1 Å². The molecule has 3 unspecified atom stereocenters. The zero-order valence-electron chi connectivity index (χ0n) is 12.0. The van der Waals surface area contributed by atoms with Gasteiger partial charge < -0.3 is 15.7 Å². The number of aliphatic hydroxyl groups excluding tert-OH is 1. The fraction of sp³-hybridized carbons (Fsp3) is 0.500. The van der Waals surface area contributed by atoms with E-state index in [4.69, 9.17) is 0 Å². The molecule has 116 valence electrons. The van der Waals surface area contributed by atoms with E-state index in [-0.39, 0.29) is 22.9 Å². The van der Waals surface area contributed by atoms with Crippen molar-refractivity contribution in [2.45, 2.75) is 36.4 Å². The van der Waals surface area contributed by atoms with Gasteiger partial charge in [-0.25, -0.2) is 8.42 Å². The van der Waals surface area contributed by atoms with Gasteiger partial charge in [0.1, 0.15) is 0 Å². The van der Waals surface area contributed by atoms with Gasteiger partial charge in [0.15, 0.2) is 9.84 Å². The highest BCUT2D eigenvalue weighted by Crippen LogP contribution is 2.17. The van der Waals surface area contributed by atoms with E-state index in [0.717, 1.165) is 11.8 Å². The molecule has 0 aromatic heterocycles. The summed E-state index contributed by atoms with van der Waals surface area (Å²) in [6.45, 7) is 2.26. The van der Waals surface area contributed by atoms with E-state index in [0.29, 0.717) is 13.0 Å². The summed E-state index contributed by atoms with van der Waals surface area (Å²) in [5.74, 6) is -0.161. The third-order valence-electron chi connectivity index (χ3n) is 3.59. The van der Waals surface area contributed by atoms with Gasteiger partial charge in [-0.2, -0.15) is 0 Å². The van der Waals surface area contributed by atoms with Gasteiger partial charge in [0.25, 0.3) is 0 Å². The van der Waals surface area contributed by atoms with Crippen LogP contribution in [-0.2, 0) is 14.6 Å². The number of hydrogen-bond donors (Lipinski definition) is 3. The molecule has 0 bridgehead atoms. The zero-order chi connectivity index (χ0) is 15.6. The van der Waals surface area contributed by atoms with Crippen molar-refractivity contribution in [1.82, 2.24) is 10.6 Å². The van der Waals surface area contributed by atoms with E-state index in [1.807, 2.05) is 6.92 Å². The molecular formula is C14H20N2O4S. The summed E-state index contributed by atoms with van der Waals surface area (Å²) in [5.41, 5.74) is 0.828. The van der Waals surface area contributed by atoms with Gasteiger partial charge in [0, 0.05) is 12.8 Å². The maximum absolute atomic E-state index is 12.0. The minimum atomic E-state index is -3.21. The predicted molar refractivity (Wildman–Crippen MR) is 78.5 cm³/mol. The molecule has 21 heavy (non-hydrogen) atoms. The molecule has 1 amide bonds. The molecule has 2 rings (SSSR count). The largest absolute Gasteiger partial charge is 0.392 e. The van der Waals surface area contributed by atoms with Crippen molar-refractivity contribution in [3.63, 3.8) is 0 Å². The van der Waals surface area contributed by atoms with Gasteiger partial charge in [0.2, 0.25) is 5.91 Å². The van der Waals surface area contributed by atoms with Crippen molar-refractivity contribution in [2.75, 3.05) is 12.8 Å². The van der Waals surface area contributed by atoms with Crippen LogP contribution in [-0.4, -0.2) is 44.4 Å². The number of amides is 1. The van der Waals surface area contributed by atoms with Crippen molar-refractivity contribution in [1.29, 1.82) is 0 Å². The van der Waals surface area contributed by atoms with Crippen LogP contribution in [0, 0.1) is 0 Å². The summed E-state index contributed by atoms with van der Waals surface area (Å²) in [6, 6.07) is 5.84. The Bertz CT molecular complexity index is 612. The molecule has 1 aliphatic heterocycles. The zero-order valence-corrected chi connectivity index (χ0v) is 12.9. The standard InChI is InChI=1S/C14H20N2O4S/c1-9(16-14(18)13-7-11(17)8-15-13)10-3-5-12(6-4-10)21(2,19)20/h3-6,9,11,13,15,17H,7-8H2,1-2H3,(H,16,18). The highest BCUT2D eigenvalue weighted by Gasteiger charge is 2.28. The molecule has 1 fully saturated rings. The monoisotopic (exact) mass is 312 g/mol. The van der Waals surface area contributed by atoms with Crippen LogP contribution in [0.2, 0.25) is 0 Å². The summed E-state index contributed by atoms with van der Waals surface area (Å²) in [5, 5.41) is 15.2. The number of β-amino-alcohol motifs (C(OH)–C–C–N with tert-alkyl or cyclic N) is 1. The van der Waals surface area contributed by atoms with E-state index in [2.05, 4.69) is 10.6 Å². The number of hydrogen-bond acceptors (Lipinski definition) is 5. The topological polar surface area (TPSA) is 95.5 Å². The first-order chi connectivity index (χ1) is 9.77. The summed E-state index contributed by atoms with van der Waals surface area (Å²) in [7, 11) is -3.21. The lowest BCUT2D eigenvalue weighted by Gasteiger charge is -2.17. The summed E-state index contributed by atoms with van der Waals surface area (Å²) >= 11 is 0. The maximum Gasteiger partial charge on any atom is 0.237 e. The van der Waals surface area contributed by atoms with Crippen LogP contribution in [0.4, 0.5) is 0 Å². The molecule has 3 N–H and O–H groups in total. The first-order valence-corrected chi connectivity index (χ1v) is 8.68. The number of benzene rings is 1. The summed E-state index contributed by atoms with van der Waals surface area (Å²) < 4.78 is 22.8. The number of sulfone groups is 1. The van der Waals surface area contributed by atoms with Crippen LogP contribution in [0.3, 0.4) is 0 Å². The molecule has 1 aromatic rings. The van der Waals surface area contributed by atoms with Gasteiger partial charge in [-0.05, 0) is 31.0 Å². The Morgan fingerprint density at radius 2 is 2.00 bits per heavy atom. The Kier molecular flexibility index (Phi) is 4.65. The second kappa shape index (κ2) is 6.13. The number of aliphatic hydroxyl groups is 1. The SMILES string of the molecule is CC(NC(=O)C1CC(O)CN1)c1ccc(S(C)(=O)=O)cc1. The van der Waals surface area contributed by atoms with Crippen LogP contribution < -0.4 is 10.6 Å². The number of carbonyl (C=O) groups is 1. The molecule has 0 radical (unpaired) electrons. The van der Waals surface area contributed by atoms with Crippen molar-refractivity contribution in [2.24, 2.45) is 0 Å². The second-order valence-electron chi connectivity index (χ2n) is 5.42. The number of rotatable bonds is 4. The average molecular weight is 312 g/mol. The Balaban J connectivity index is 2.00. The molecule has 0 aliphatic carbocycles. The third kappa shape index (κ3) is 4.03. The first-order valence-electron chi connectivity index (χ1n) is 6.79. The van der Waals surface area contributed by atoms with E-state index >= 15 is 0 Å². The first kappa shape index (κ1) is 15.9. The van der Waals surface area contributed by atoms with Gasteiger partial charge in [-0.15, -0.1) is 0 Å². The Morgan fingerprint density at radius 3 is 2.48 bits per heavy atom. The second-order valence-corrected chi connectivity index (χ2v) is 7.44. The molecule has 0 saturated carbocycles. The van der Waals surface area contributed by atoms with Crippen LogP contribution in [0.5, 0.6) is 0 Å². The van der Waals surface area contributed by atoms with Crippen molar-refractivity contribution < 1.29 is 18.3 Å². The van der Waals surface area contributed by atoms with Crippen LogP contribution in [0.15, 0.2) is 29.2 Å². The number of carbonyl (C=O) groups excluding carboxylic acids is 1. The minimum absolute atomic E-state index is 0.161. The molecule has 7 heteroatoms. The molecule has 6 nitrogen and oxygen atoms in total. The molecule has 1 heterocycles. The minimum Gasteiger partial charge on any atom is -0.392 e. The molecule has 1 aliphatic rings. The lowest BCUT2D eigenvalue weighted by molar-refractivity contribution is -0.123. The molecular weight excluding hydrogens is 292 g/mol. The summed E-state index contributed by atoms with van der Waals surface area (Å²) in [4.78, 5) is 12.3. The molecule has 1 aromatic carbocycles.